The number of carbonyl (C=O) groups is 3. The van der Waals surface area contributed by atoms with Crippen molar-refractivity contribution < 1.29 is 19.5 Å². The molecule has 1 aromatic carbocycles. The molecule has 0 radical (unpaired) electrons. The SMILES string of the molecule is Cc1ccc(N(CCCN2CC3=CN(C(=O)c4c(C)ncnc4C)CC3C2)C(=O)C2CCN(C(=O)O)CC2)cc1Cl. The van der Waals surface area contributed by atoms with Gasteiger partial charge in [-0.05, 0) is 63.3 Å². The van der Waals surface area contributed by atoms with E-state index in [2.05, 4.69) is 14.9 Å². The van der Waals surface area contributed by atoms with Crippen LogP contribution in [0.5, 0.6) is 0 Å². The highest BCUT2D eigenvalue weighted by Gasteiger charge is 2.36. The number of aryl methyl sites for hydroxylation is 3. The zero-order chi connectivity index (χ0) is 29.3. The van der Waals surface area contributed by atoms with Gasteiger partial charge in [0.05, 0.1) is 17.0 Å². The van der Waals surface area contributed by atoms with Crippen molar-refractivity contribution in [2.45, 2.75) is 40.0 Å². The van der Waals surface area contributed by atoms with Crippen LogP contribution < -0.4 is 4.90 Å². The lowest BCUT2D eigenvalue weighted by Gasteiger charge is -2.33. The normalized spacial score (nSPS) is 19.3. The first-order valence-electron chi connectivity index (χ1n) is 14.2. The van der Waals surface area contributed by atoms with Crippen molar-refractivity contribution in [2.75, 3.05) is 50.7 Å². The Morgan fingerprint density at radius 3 is 2.41 bits per heavy atom. The second kappa shape index (κ2) is 12.2. The minimum atomic E-state index is -0.935. The lowest BCUT2D eigenvalue weighted by Crippen LogP contribution is -2.44. The molecule has 0 saturated carbocycles. The number of amides is 3. The van der Waals surface area contributed by atoms with Crippen molar-refractivity contribution in [1.29, 1.82) is 0 Å². The highest BCUT2D eigenvalue weighted by molar-refractivity contribution is 6.31. The van der Waals surface area contributed by atoms with Crippen molar-refractivity contribution in [3.8, 4) is 0 Å². The quantitative estimate of drug-likeness (QED) is 0.524. The molecule has 2 aromatic rings. The molecule has 3 amide bonds. The Bertz CT molecular complexity index is 1350. The Balaban J connectivity index is 1.20. The molecule has 1 N–H and O–H groups in total. The van der Waals surface area contributed by atoms with Crippen LogP contribution in [0.2, 0.25) is 5.02 Å². The minimum Gasteiger partial charge on any atom is -0.465 e. The van der Waals surface area contributed by atoms with Crippen LogP contribution in [0.3, 0.4) is 0 Å². The number of benzene rings is 1. The molecule has 3 aliphatic rings. The van der Waals surface area contributed by atoms with Crippen LogP contribution in [0.1, 0.15) is 46.6 Å². The summed E-state index contributed by atoms with van der Waals surface area (Å²) in [5, 5.41) is 9.90. The lowest BCUT2D eigenvalue weighted by atomic mass is 9.95. The topological polar surface area (TPSA) is 110 Å². The third-order valence-electron chi connectivity index (χ3n) is 8.55. The number of likely N-dealkylation sites (tertiary alicyclic amines) is 2. The van der Waals surface area contributed by atoms with Crippen LogP contribution in [0, 0.1) is 32.6 Å². The van der Waals surface area contributed by atoms with Crippen LogP contribution in [0.15, 0.2) is 36.3 Å². The average molecular weight is 581 g/mol. The van der Waals surface area contributed by atoms with Gasteiger partial charge in [-0.1, -0.05) is 17.7 Å². The number of carbonyl (C=O) groups excluding carboxylic acids is 2. The Morgan fingerprint density at radius 2 is 1.78 bits per heavy atom. The second-order valence-corrected chi connectivity index (χ2v) is 11.7. The van der Waals surface area contributed by atoms with Gasteiger partial charge in [0.25, 0.3) is 5.91 Å². The zero-order valence-corrected chi connectivity index (χ0v) is 24.6. The molecule has 2 fully saturated rings. The highest BCUT2D eigenvalue weighted by Crippen LogP contribution is 2.32. The van der Waals surface area contributed by atoms with Gasteiger partial charge in [-0.2, -0.15) is 0 Å². The fourth-order valence-corrected chi connectivity index (χ4v) is 6.33. The van der Waals surface area contributed by atoms with Gasteiger partial charge in [-0.25, -0.2) is 14.8 Å². The molecule has 0 bridgehead atoms. The van der Waals surface area contributed by atoms with Gasteiger partial charge < -0.3 is 19.8 Å². The predicted molar refractivity (Wildman–Crippen MR) is 156 cm³/mol. The summed E-state index contributed by atoms with van der Waals surface area (Å²) in [6.45, 7) is 10.1. The molecule has 5 rings (SSSR count). The number of fused-ring (bicyclic) bond motifs is 1. The maximum absolute atomic E-state index is 13.7. The first-order valence-corrected chi connectivity index (χ1v) is 14.6. The van der Waals surface area contributed by atoms with Gasteiger partial charge in [0.1, 0.15) is 6.33 Å². The predicted octanol–water partition coefficient (Wildman–Crippen LogP) is 4.14. The molecule has 0 spiro atoms. The van der Waals surface area contributed by atoms with Gasteiger partial charge in [0.2, 0.25) is 5.91 Å². The van der Waals surface area contributed by atoms with E-state index in [1.807, 2.05) is 50.1 Å². The van der Waals surface area contributed by atoms with E-state index in [1.54, 1.807) is 4.90 Å². The standard InChI is InChI=1S/C30H37ClN6O4/c1-19-5-6-25(13-26(19)31)37(28(38)22-7-11-35(12-8-22)30(40)41)10-4-9-34-14-23-16-36(17-24(23)15-34)29(39)27-20(2)32-18-33-21(27)3/h5-6,13,16,18,22,24H,4,7-12,14-15,17H2,1-3H3,(H,40,41). The number of nitrogens with zero attached hydrogens (tertiary/aromatic N) is 6. The Labute approximate surface area is 245 Å². The molecule has 11 heteroatoms. The molecule has 0 aliphatic carbocycles. The molecule has 4 heterocycles. The van der Waals surface area contributed by atoms with E-state index in [0.29, 0.717) is 66.9 Å². The van der Waals surface area contributed by atoms with Gasteiger partial charge in [0, 0.05) is 74.6 Å². The molecular formula is C30H37ClN6O4. The Kier molecular flexibility index (Phi) is 8.60. The number of piperidine rings is 1. The number of hydrogen-bond donors (Lipinski definition) is 1. The highest BCUT2D eigenvalue weighted by atomic mass is 35.5. The number of hydrogen-bond acceptors (Lipinski definition) is 6. The van der Waals surface area contributed by atoms with Crippen LogP contribution in [-0.4, -0.2) is 93.5 Å². The number of carboxylic acid groups (broad SMARTS) is 1. The lowest BCUT2D eigenvalue weighted by molar-refractivity contribution is -0.123. The molecule has 1 unspecified atom stereocenters. The van der Waals surface area contributed by atoms with Crippen LogP contribution in [-0.2, 0) is 4.79 Å². The molecule has 1 aromatic heterocycles. The molecule has 218 valence electrons. The van der Waals surface area contributed by atoms with E-state index in [0.717, 1.165) is 37.3 Å². The van der Waals surface area contributed by atoms with Crippen LogP contribution in [0.25, 0.3) is 0 Å². The van der Waals surface area contributed by atoms with Crippen LogP contribution in [0.4, 0.5) is 10.5 Å². The monoisotopic (exact) mass is 580 g/mol. The largest absolute Gasteiger partial charge is 0.465 e. The second-order valence-electron chi connectivity index (χ2n) is 11.3. The summed E-state index contributed by atoms with van der Waals surface area (Å²) in [7, 11) is 0. The van der Waals surface area contributed by atoms with Crippen LogP contribution >= 0.6 is 11.6 Å². The minimum absolute atomic E-state index is 0.0283. The number of rotatable bonds is 7. The molecule has 10 nitrogen and oxygen atoms in total. The summed E-state index contributed by atoms with van der Waals surface area (Å²) in [6.07, 6.45) is 4.37. The van der Waals surface area contributed by atoms with E-state index in [4.69, 9.17) is 11.6 Å². The van der Waals surface area contributed by atoms with Crippen molar-refractivity contribution in [2.24, 2.45) is 11.8 Å². The molecule has 2 saturated heterocycles. The van der Waals surface area contributed by atoms with Gasteiger partial charge in [-0.15, -0.1) is 0 Å². The van der Waals surface area contributed by atoms with E-state index in [-0.39, 0.29) is 17.7 Å². The third-order valence-corrected chi connectivity index (χ3v) is 8.96. The summed E-state index contributed by atoms with van der Waals surface area (Å²) in [5.41, 5.74) is 4.95. The molecule has 1 atom stereocenters. The average Bonchev–Trinajstić information content (AvgIpc) is 3.51. The summed E-state index contributed by atoms with van der Waals surface area (Å²) >= 11 is 6.43. The summed E-state index contributed by atoms with van der Waals surface area (Å²) < 4.78 is 0. The first-order chi connectivity index (χ1) is 19.6. The maximum Gasteiger partial charge on any atom is 0.407 e. The van der Waals surface area contributed by atoms with E-state index >= 15 is 0 Å². The zero-order valence-electron chi connectivity index (χ0n) is 23.8. The van der Waals surface area contributed by atoms with Crippen molar-refractivity contribution in [3.63, 3.8) is 0 Å². The number of halogens is 1. The molecule has 3 aliphatic heterocycles. The fourth-order valence-electron chi connectivity index (χ4n) is 6.16. The summed E-state index contributed by atoms with van der Waals surface area (Å²) in [6, 6.07) is 5.71. The Morgan fingerprint density at radius 1 is 1.07 bits per heavy atom. The van der Waals surface area contributed by atoms with E-state index < -0.39 is 6.09 Å². The van der Waals surface area contributed by atoms with Gasteiger partial charge in [-0.3, -0.25) is 14.5 Å². The van der Waals surface area contributed by atoms with E-state index in [1.165, 1.54) is 16.8 Å². The number of anilines is 1. The smallest absolute Gasteiger partial charge is 0.407 e. The molecular weight excluding hydrogens is 544 g/mol. The molecule has 41 heavy (non-hydrogen) atoms. The Hall–Kier alpha value is -3.50. The van der Waals surface area contributed by atoms with Gasteiger partial charge in [0.15, 0.2) is 0 Å². The third kappa shape index (κ3) is 6.23. The fraction of sp³-hybridized carbons (Fsp3) is 0.500. The van der Waals surface area contributed by atoms with E-state index in [9.17, 15) is 19.5 Å². The summed E-state index contributed by atoms with van der Waals surface area (Å²) in [4.78, 5) is 54.0. The van der Waals surface area contributed by atoms with Gasteiger partial charge >= 0.3 is 6.09 Å². The summed E-state index contributed by atoms with van der Waals surface area (Å²) in [5.74, 6) is 0.0692. The van der Waals surface area contributed by atoms with Crippen molar-refractivity contribution in [1.82, 2.24) is 24.7 Å². The number of aromatic nitrogens is 2. The first kappa shape index (κ1) is 29.0. The van der Waals surface area contributed by atoms with Crippen molar-refractivity contribution >= 4 is 35.2 Å². The van der Waals surface area contributed by atoms with Crippen molar-refractivity contribution in [3.05, 3.63) is 63.8 Å². The maximum atomic E-state index is 13.7.